The Morgan fingerprint density at radius 2 is 1.78 bits per heavy atom. The number of hydrogen-bond donors (Lipinski definition) is 0. The molecule has 3 nitrogen and oxygen atoms in total. The van der Waals surface area contributed by atoms with Gasteiger partial charge in [0.2, 0.25) is 0 Å². The van der Waals surface area contributed by atoms with E-state index >= 15 is 0 Å². The van der Waals surface area contributed by atoms with Gasteiger partial charge in [-0.15, -0.1) is 11.8 Å². The molecule has 5 saturated carbocycles. The normalized spacial score (nSPS) is 55.3. The topological polar surface area (TPSA) is 29.5 Å². The third-order valence-corrected chi connectivity index (χ3v) is 11.2. The monoisotopic (exact) mass is 385 g/mol. The van der Waals surface area contributed by atoms with E-state index in [-0.39, 0.29) is 11.6 Å². The predicted octanol–water partition coefficient (Wildman–Crippen LogP) is 4.31. The zero-order valence-electron chi connectivity index (χ0n) is 16.2. The maximum absolute atomic E-state index is 12.3. The largest absolute Gasteiger partial charge is 0.450 e. The Morgan fingerprint density at radius 1 is 1.04 bits per heavy atom. The van der Waals surface area contributed by atoms with Gasteiger partial charge in [0.1, 0.15) is 0 Å². The Balaban J connectivity index is 1.23. The summed E-state index contributed by atoms with van der Waals surface area (Å²) in [5.41, 5.74) is 1.13. The first kappa shape index (κ1) is 16.3. The van der Waals surface area contributed by atoms with Gasteiger partial charge in [0.15, 0.2) is 5.60 Å². The molecule has 4 heteroatoms. The van der Waals surface area contributed by atoms with Gasteiger partial charge < -0.3 is 4.74 Å². The van der Waals surface area contributed by atoms with E-state index in [0.717, 1.165) is 30.6 Å². The molecule has 5 aliphatic carbocycles. The van der Waals surface area contributed by atoms with Crippen LogP contribution >= 0.6 is 11.8 Å². The molecule has 6 bridgehead atoms. The van der Waals surface area contributed by atoms with E-state index in [1.165, 1.54) is 69.9 Å². The molecule has 8 rings (SSSR count). The molecule has 0 N–H and O–H groups in total. The lowest BCUT2D eigenvalue weighted by Crippen LogP contribution is -2.51. The lowest BCUT2D eigenvalue weighted by molar-refractivity contribution is -0.148. The van der Waals surface area contributed by atoms with Crippen molar-refractivity contribution in [1.82, 2.24) is 4.90 Å². The Kier molecular flexibility index (Phi) is 3.24. The van der Waals surface area contributed by atoms with Crippen molar-refractivity contribution in [2.75, 3.05) is 6.54 Å². The Bertz CT molecular complexity index is 697. The number of hydrogen-bond acceptors (Lipinski definition) is 4. The molecule has 2 saturated heterocycles. The van der Waals surface area contributed by atoms with Crippen molar-refractivity contribution in [3.8, 4) is 0 Å². The van der Waals surface area contributed by atoms with E-state index in [1.54, 1.807) is 0 Å². The number of thioether (sulfide) groups is 1. The summed E-state index contributed by atoms with van der Waals surface area (Å²) in [4.78, 5) is 15.1. The van der Waals surface area contributed by atoms with E-state index in [4.69, 9.17) is 4.74 Å². The summed E-state index contributed by atoms with van der Waals surface area (Å²) >= 11 is 2.39. The van der Waals surface area contributed by atoms with Gasteiger partial charge in [-0.1, -0.05) is 6.42 Å². The van der Waals surface area contributed by atoms with Crippen molar-refractivity contribution in [3.05, 3.63) is 11.6 Å². The van der Waals surface area contributed by atoms with Crippen molar-refractivity contribution in [2.24, 2.45) is 17.8 Å². The van der Waals surface area contributed by atoms with E-state index in [9.17, 15) is 4.79 Å². The molecule has 146 valence electrons. The molecule has 27 heavy (non-hydrogen) atoms. The fourth-order valence-corrected chi connectivity index (χ4v) is 11.3. The molecule has 0 radical (unpaired) electrons. The molecule has 7 fully saturated rings. The Morgan fingerprint density at radius 3 is 2.52 bits per heavy atom. The zero-order valence-corrected chi connectivity index (χ0v) is 17.0. The van der Waals surface area contributed by atoms with E-state index in [2.05, 4.69) is 16.7 Å². The van der Waals surface area contributed by atoms with Gasteiger partial charge in [0, 0.05) is 28.5 Å². The van der Waals surface area contributed by atoms with Gasteiger partial charge in [0.25, 0.3) is 0 Å². The van der Waals surface area contributed by atoms with Crippen LogP contribution in [0.2, 0.25) is 0 Å². The molecule has 0 aromatic rings. The number of fused-ring (bicyclic) bond motifs is 3. The minimum absolute atomic E-state index is 0.0587. The van der Waals surface area contributed by atoms with Gasteiger partial charge in [0.05, 0.1) is 6.04 Å². The highest BCUT2D eigenvalue weighted by Gasteiger charge is 2.65. The summed E-state index contributed by atoms with van der Waals surface area (Å²) in [5, 5.41) is 0.679. The minimum atomic E-state index is -0.235. The third-order valence-electron chi connectivity index (χ3n) is 9.37. The second-order valence-corrected chi connectivity index (χ2v) is 12.7. The van der Waals surface area contributed by atoms with Gasteiger partial charge in [-0.3, -0.25) is 4.90 Å². The van der Waals surface area contributed by atoms with Crippen LogP contribution in [0.25, 0.3) is 0 Å². The smallest absolute Gasteiger partial charge is 0.331 e. The summed E-state index contributed by atoms with van der Waals surface area (Å²) in [6.07, 6.45) is 16.9. The fourth-order valence-electron chi connectivity index (χ4n) is 8.96. The second-order valence-electron chi connectivity index (χ2n) is 11.0. The molecule has 0 aromatic carbocycles. The molecule has 1 unspecified atom stereocenters. The molecule has 8 aliphatic rings. The minimum Gasteiger partial charge on any atom is -0.450 e. The first-order valence-corrected chi connectivity index (χ1v) is 12.4. The SMILES string of the molecule is O=C1C=C2CC(SC34CC5CC(CC(C5)C3)C4)[C@@H]3C[C@@]2(O1)[C@H]1CCCCN31. The third kappa shape index (κ3) is 2.18. The maximum Gasteiger partial charge on any atom is 0.331 e. The van der Waals surface area contributed by atoms with Crippen LogP contribution < -0.4 is 0 Å². The number of ether oxygens (including phenoxy) is 1. The number of carbonyl (C=O) groups is 1. The van der Waals surface area contributed by atoms with Crippen LogP contribution in [-0.2, 0) is 9.53 Å². The molecule has 1 spiro atoms. The number of piperidine rings is 1. The summed E-state index contributed by atoms with van der Waals surface area (Å²) in [5.74, 6) is 3.01. The number of esters is 1. The summed E-state index contributed by atoms with van der Waals surface area (Å²) in [6.45, 7) is 1.22. The lowest BCUT2D eigenvalue weighted by Gasteiger charge is -2.58. The maximum atomic E-state index is 12.3. The molecule has 0 amide bonds. The van der Waals surface area contributed by atoms with Crippen molar-refractivity contribution >= 4 is 17.7 Å². The summed E-state index contributed by atoms with van der Waals surface area (Å²) in [6, 6.07) is 1.10. The highest BCUT2D eigenvalue weighted by atomic mass is 32.2. The number of rotatable bonds is 2. The van der Waals surface area contributed by atoms with E-state index < -0.39 is 0 Å². The van der Waals surface area contributed by atoms with Crippen LogP contribution in [0.3, 0.4) is 0 Å². The molecular formula is C23H31NO2S. The van der Waals surface area contributed by atoms with Crippen molar-refractivity contribution in [2.45, 2.75) is 98.3 Å². The summed E-state index contributed by atoms with van der Waals surface area (Å²) in [7, 11) is 0. The Labute approximate surface area is 166 Å². The van der Waals surface area contributed by atoms with E-state index in [0.29, 0.717) is 22.1 Å². The first-order valence-electron chi connectivity index (χ1n) is 11.5. The quantitative estimate of drug-likeness (QED) is 0.663. The molecule has 3 aliphatic heterocycles. The van der Waals surface area contributed by atoms with Crippen molar-refractivity contribution < 1.29 is 9.53 Å². The average Bonchev–Trinajstić information content (AvgIpc) is 3.10. The number of carbonyl (C=O) groups excluding carboxylic acids is 1. The average molecular weight is 386 g/mol. The van der Waals surface area contributed by atoms with Crippen LogP contribution in [-0.4, -0.2) is 45.1 Å². The van der Waals surface area contributed by atoms with Crippen molar-refractivity contribution in [1.29, 1.82) is 0 Å². The molecule has 4 atom stereocenters. The lowest BCUT2D eigenvalue weighted by atomic mass is 9.56. The standard InChI is InChI=1S/C23H31NO2S/c25-21-9-17-8-19(18-13-23(17,26-21)20-3-1-2-4-24(18)20)27-22-10-14-5-15(11-22)7-16(6-14)12-22/h9,14-16,18-20H,1-8,10-13H2/t14?,15?,16?,18-,19?,20+,22?,23-/m0/s1. The van der Waals surface area contributed by atoms with Gasteiger partial charge in [-0.25, -0.2) is 4.79 Å². The van der Waals surface area contributed by atoms with Crippen molar-refractivity contribution in [3.63, 3.8) is 0 Å². The molecule has 3 heterocycles. The second kappa shape index (κ2) is 5.36. The van der Waals surface area contributed by atoms with Crippen LogP contribution in [0.5, 0.6) is 0 Å². The zero-order chi connectivity index (χ0) is 17.8. The first-order chi connectivity index (χ1) is 13.1. The van der Waals surface area contributed by atoms with E-state index in [1.807, 2.05) is 6.08 Å². The van der Waals surface area contributed by atoms with Crippen LogP contribution in [0.1, 0.15) is 70.6 Å². The highest BCUT2D eigenvalue weighted by Crippen LogP contribution is 2.64. The van der Waals surface area contributed by atoms with Crippen LogP contribution in [0, 0.1) is 17.8 Å². The highest BCUT2D eigenvalue weighted by molar-refractivity contribution is 8.01. The fraction of sp³-hybridized carbons (Fsp3) is 0.870. The van der Waals surface area contributed by atoms with Crippen LogP contribution in [0.4, 0.5) is 0 Å². The van der Waals surface area contributed by atoms with Gasteiger partial charge in [-0.05, 0) is 87.7 Å². The Hall–Kier alpha value is -0.480. The summed E-state index contributed by atoms with van der Waals surface area (Å²) < 4.78 is 6.64. The van der Waals surface area contributed by atoms with Gasteiger partial charge in [-0.2, -0.15) is 0 Å². The number of nitrogens with zero attached hydrogens (tertiary/aromatic N) is 1. The van der Waals surface area contributed by atoms with Gasteiger partial charge >= 0.3 is 5.97 Å². The predicted molar refractivity (Wildman–Crippen MR) is 107 cm³/mol. The molecule has 0 aromatic heterocycles. The molecular weight excluding hydrogens is 354 g/mol. The van der Waals surface area contributed by atoms with Crippen LogP contribution in [0.15, 0.2) is 11.6 Å².